The number of benzene rings is 1. The number of aromatic nitrogens is 2. The third-order valence-electron chi connectivity index (χ3n) is 5.79. The fourth-order valence-corrected chi connectivity index (χ4v) is 4.20. The minimum absolute atomic E-state index is 0. The lowest BCUT2D eigenvalue weighted by atomic mass is 10.1. The summed E-state index contributed by atoms with van der Waals surface area (Å²) in [5.41, 5.74) is 2.13. The number of H-pyrrole nitrogens is 1. The molecule has 1 aliphatic rings. The fraction of sp³-hybridized carbons (Fsp3) is 0.500. The van der Waals surface area contributed by atoms with E-state index in [9.17, 15) is 0 Å². The molecule has 1 unspecified atom stereocenters. The van der Waals surface area contributed by atoms with Gasteiger partial charge in [0, 0.05) is 19.5 Å². The van der Waals surface area contributed by atoms with Crippen molar-refractivity contribution in [3.63, 3.8) is 0 Å². The van der Waals surface area contributed by atoms with Crippen molar-refractivity contribution in [2.45, 2.75) is 45.1 Å². The number of hydrogen-bond acceptors (Lipinski definition) is 4. The quantitative estimate of drug-likeness (QED) is 0.158. The smallest absolute Gasteiger partial charge is 0.191 e. The van der Waals surface area contributed by atoms with Crippen LogP contribution < -0.4 is 10.6 Å². The van der Waals surface area contributed by atoms with E-state index in [1.807, 2.05) is 24.3 Å². The number of para-hydroxylation sites is 2. The molecule has 7 nitrogen and oxygen atoms in total. The second-order valence-corrected chi connectivity index (χ2v) is 8.08. The molecule has 3 N–H and O–H groups in total. The highest BCUT2D eigenvalue weighted by molar-refractivity contribution is 14.0. The number of aliphatic imine (C=N–C) groups is 1. The van der Waals surface area contributed by atoms with Crippen molar-refractivity contribution in [2.75, 3.05) is 32.7 Å². The van der Waals surface area contributed by atoms with Crippen LogP contribution in [-0.4, -0.2) is 53.6 Å². The summed E-state index contributed by atoms with van der Waals surface area (Å²) in [5.74, 6) is 2.90. The Bertz CT molecular complexity index is 915. The first-order chi connectivity index (χ1) is 15.3. The summed E-state index contributed by atoms with van der Waals surface area (Å²) in [6.07, 6.45) is 7.47. The third-order valence-corrected chi connectivity index (χ3v) is 5.79. The minimum Gasteiger partial charge on any atom is -0.468 e. The largest absolute Gasteiger partial charge is 0.468 e. The Kier molecular flexibility index (Phi) is 9.86. The Morgan fingerprint density at radius 2 is 2.00 bits per heavy atom. The summed E-state index contributed by atoms with van der Waals surface area (Å²) in [7, 11) is 0. The standard InChI is InChI=1S/C24H34N6O.HI/c1-2-25-24(26-14-8-13-23-28-19-10-4-5-11-20(19)29-23)27-18-21(22-12-9-17-31-22)30-15-6-3-7-16-30;/h4-5,9-12,17,21H,2-3,6-8,13-16,18H2,1H3,(H,28,29)(H2,25,26,27);1H. The highest BCUT2D eigenvalue weighted by Crippen LogP contribution is 2.25. The minimum atomic E-state index is 0. The molecule has 1 aliphatic heterocycles. The molecule has 1 atom stereocenters. The van der Waals surface area contributed by atoms with E-state index >= 15 is 0 Å². The third kappa shape index (κ3) is 6.71. The number of imidazole rings is 1. The number of likely N-dealkylation sites (tertiary alicyclic amines) is 1. The molecule has 4 rings (SSSR count). The second kappa shape index (κ2) is 12.8. The van der Waals surface area contributed by atoms with Crippen LogP contribution in [-0.2, 0) is 6.42 Å². The molecule has 32 heavy (non-hydrogen) atoms. The van der Waals surface area contributed by atoms with Gasteiger partial charge in [-0.05, 0) is 63.5 Å². The second-order valence-electron chi connectivity index (χ2n) is 8.08. The van der Waals surface area contributed by atoms with Crippen LogP contribution in [0.1, 0.15) is 50.2 Å². The number of guanidine groups is 1. The van der Waals surface area contributed by atoms with Gasteiger partial charge in [-0.25, -0.2) is 4.98 Å². The Labute approximate surface area is 207 Å². The summed E-state index contributed by atoms with van der Waals surface area (Å²) in [6.45, 7) is 6.69. The van der Waals surface area contributed by atoms with Gasteiger partial charge in [0.2, 0.25) is 0 Å². The summed E-state index contributed by atoms with van der Waals surface area (Å²) < 4.78 is 5.75. The highest BCUT2D eigenvalue weighted by Gasteiger charge is 2.24. The Morgan fingerprint density at radius 1 is 1.16 bits per heavy atom. The van der Waals surface area contributed by atoms with Gasteiger partial charge in [-0.3, -0.25) is 9.89 Å². The van der Waals surface area contributed by atoms with E-state index in [-0.39, 0.29) is 30.0 Å². The van der Waals surface area contributed by atoms with E-state index in [4.69, 9.17) is 9.41 Å². The average molecular weight is 550 g/mol. The van der Waals surface area contributed by atoms with Crippen LogP contribution in [0.4, 0.5) is 0 Å². The molecule has 3 aromatic rings. The predicted octanol–water partition coefficient (Wildman–Crippen LogP) is 4.49. The van der Waals surface area contributed by atoms with Crippen molar-refractivity contribution in [3.8, 4) is 0 Å². The predicted molar refractivity (Wildman–Crippen MR) is 141 cm³/mol. The molecular weight excluding hydrogens is 515 g/mol. The van der Waals surface area contributed by atoms with Gasteiger partial charge in [0.1, 0.15) is 11.6 Å². The van der Waals surface area contributed by atoms with E-state index in [1.165, 1.54) is 19.3 Å². The first kappa shape index (κ1) is 24.6. The molecule has 0 radical (unpaired) electrons. The lowest BCUT2D eigenvalue weighted by Crippen LogP contribution is -2.40. The van der Waals surface area contributed by atoms with Crippen molar-refractivity contribution in [3.05, 3.63) is 54.2 Å². The summed E-state index contributed by atoms with van der Waals surface area (Å²) in [4.78, 5) is 15.5. The van der Waals surface area contributed by atoms with Crippen LogP contribution in [0.2, 0.25) is 0 Å². The number of aryl methyl sites for hydroxylation is 1. The number of nitrogens with zero attached hydrogens (tertiary/aromatic N) is 3. The fourth-order valence-electron chi connectivity index (χ4n) is 4.20. The summed E-state index contributed by atoms with van der Waals surface area (Å²) in [5, 5.41) is 6.85. The van der Waals surface area contributed by atoms with Crippen LogP contribution in [0.15, 0.2) is 52.1 Å². The average Bonchev–Trinajstić information content (AvgIpc) is 3.47. The number of halogens is 1. The van der Waals surface area contributed by atoms with Gasteiger partial charge in [-0.15, -0.1) is 24.0 Å². The maximum Gasteiger partial charge on any atom is 0.191 e. The Balaban J connectivity index is 0.00000289. The van der Waals surface area contributed by atoms with E-state index in [1.54, 1.807) is 6.26 Å². The van der Waals surface area contributed by atoms with E-state index < -0.39 is 0 Å². The molecule has 0 saturated carbocycles. The van der Waals surface area contributed by atoms with Crippen LogP contribution in [0.25, 0.3) is 11.0 Å². The first-order valence-corrected chi connectivity index (χ1v) is 11.6. The maximum absolute atomic E-state index is 5.75. The Hall–Kier alpha value is -2.07. The number of piperidine rings is 1. The summed E-state index contributed by atoms with van der Waals surface area (Å²) >= 11 is 0. The molecule has 1 fully saturated rings. The maximum atomic E-state index is 5.75. The van der Waals surface area contributed by atoms with Gasteiger partial charge in [-0.2, -0.15) is 0 Å². The zero-order valence-corrected chi connectivity index (χ0v) is 21.2. The van der Waals surface area contributed by atoms with E-state index in [0.717, 1.165) is 67.6 Å². The molecule has 174 valence electrons. The Morgan fingerprint density at radius 3 is 2.75 bits per heavy atom. The molecule has 0 amide bonds. The molecule has 1 aromatic carbocycles. The highest BCUT2D eigenvalue weighted by atomic mass is 127. The van der Waals surface area contributed by atoms with Gasteiger partial charge in [0.25, 0.3) is 0 Å². The first-order valence-electron chi connectivity index (χ1n) is 11.6. The number of hydrogen-bond donors (Lipinski definition) is 3. The molecule has 8 heteroatoms. The van der Waals surface area contributed by atoms with Crippen molar-refractivity contribution in [1.82, 2.24) is 25.5 Å². The SMILES string of the molecule is CCNC(=NCC(c1ccco1)N1CCCCC1)NCCCc1nc2ccccc2[nH]1.I. The van der Waals surface area contributed by atoms with Crippen molar-refractivity contribution < 1.29 is 4.42 Å². The van der Waals surface area contributed by atoms with Gasteiger partial charge in [0.15, 0.2) is 5.96 Å². The van der Waals surface area contributed by atoms with E-state index in [0.29, 0.717) is 6.54 Å². The normalized spacial score (nSPS) is 16.0. The van der Waals surface area contributed by atoms with Crippen LogP contribution in [0, 0.1) is 0 Å². The van der Waals surface area contributed by atoms with Crippen LogP contribution >= 0.6 is 24.0 Å². The molecule has 2 aromatic heterocycles. The monoisotopic (exact) mass is 550 g/mol. The summed E-state index contributed by atoms with van der Waals surface area (Å²) in [6, 6.07) is 12.4. The van der Waals surface area contributed by atoms with Crippen LogP contribution in [0.3, 0.4) is 0 Å². The molecule has 1 saturated heterocycles. The number of furan rings is 1. The van der Waals surface area contributed by atoms with Crippen molar-refractivity contribution in [2.24, 2.45) is 4.99 Å². The van der Waals surface area contributed by atoms with Gasteiger partial charge in [-0.1, -0.05) is 18.6 Å². The molecule has 0 bridgehead atoms. The topological polar surface area (TPSA) is 81.5 Å². The van der Waals surface area contributed by atoms with E-state index in [2.05, 4.69) is 44.6 Å². The van der Waals surface area contributed by atoms with Gasteiger partial charge >= 0.3 is 0 Å². The lowest BCUT2D eigenvalue weighted by molar-refractivity contribution is 0.150. The number of fused-ring (bicyclic) bond motifs is 1. The van der Waals surface area contributed by atoms with Gasteiger partial charge < -0.3 is 20.0 Å². The zero-order chi connectivity index (χ0) is 21.3. The number of nitrogens with one attached hydrogen (secondary N) is 3. The zero-order valence-electron chi connectivity index (χ0n) is 18.8. The van der Waals surface area contributed by atoms with Gasteiger partial charge in [0.05, 0.1) is 29.9 Å². The molecular formula is C24H35IN6O. The van der Waals surface area contributed by atoms with Crippen molar-refractivity contribution >= 4 is 41.0 Å². The molecule has 0 aliphatic carbocycles. The number of aromatic amines is 1. The molecule has 3 heterocycles. The lowest BCUT2D eigenvalue weighted by Gasteiger charge is -2.32. The van der Waals surface area contributed by atoms with Crippen molar-refractivity contribution in [1.29, 1.82) is 0 Å². The molecule has 0 spiro atoms. The number of rotatable bonds is 9. The van der Waals surface area contributed by atoms with Crippen LogP contribution in [0.5, 0.6) is 0 Å².